The van der Waals surface area contributed by atoms with E-state index < -0.39 is 0 Å². The van der Waals surface area contributed by atoms with Gasteiger partial charge in [0.25, 0.3) is 0 Å². The van der Waals surface area contributed by atoms with Crippen LogP contribution in [0.1, 0.15) is 12.5 Å². The fourth-order valence-electron chi connectivity index (χ4n) is 1.37. The standard InChI is InChI=1S/C10H10O2S/c1-2-6-3-8(11)7-5-10(12)13-9(7)4-6/h3-5,11-12H,2H2,1H3. The Balaban J connectivity index is 2.75. The van der Waals surface area contributed by atoms with E-state index in [2.05, 4.69) is 0 Å². The minimum Gasteiger partial charge on any atom is -0.507 e. The molecule has 2 aromatic rings. The second-order valence-corrected chi connectivity index (χ2v) is 4.03. The Morgan fingerprint density at radius 1 is 1.23 bits per heavy atom. The van der Waals surface area contributed by atoms with Gasteiger partial charge in [0.1, 0.15) is 5.75 Å². The van der Waals surface area contributed by atoms with Crippen molar-refractivity contribution < 1.29 is 10.2 Å². The molecule has 2 N–H and O–H groups in total. The first kappa shape index (κ1) is 8.38. The Labute approximate surface area is 80.1 Å². The van der Waals surface area contributed by atoms with Gasteiger partial charge >= 0.3 is 0 Å². The average Bonchev–Trinajstić information content (AvgIpc) is 2.46. The molecule has 0 fully saturated rings. The van der Waals surface area contributed by atoms with Gasteiger partial charge in [-0.25, -0.2) is 0 Å². The number of benzene rings is 1. The van der Waals surface area contributed by atoms with E-state index in [1.165, 1.54) is 11.3 Å². The van der Waals surface area contributed by atoms with Crippen LogP contribution in [0.2, 0.25) is 0 Å². The number of hydrogen-bond acceptors (Lipinski definition) is 3. The van der Waals surface area contributed by atoms with Crippen LogP contribution in [-0.4, -0.2) is 10.2 Å². The fraction of sp³-hybridized carbons (Fsp3) is 0.200. The van der Waals surface area contributed by atoms with Gasteiger partial charge in [-0.3, -0.25) is 0 Å². The maximum absolute atomic E-state index is 9.59. The van der Waals surface area contributed by atoms with Crippen LogP contribution >= 0.6 is 11.3 Å². The third kappa shape index (κ3) is 1.35. The highest BCUT2D eigenvalue weighted by molar-refractivity contribution is 7.20. The largest absolute Gasteiger partial charge is 0.507 e. The minimum absolute atomic E-state index is 0.249. The lowest BCUT2D eigenvalue weighted by Gasteiger charge is -1.98. The summed E-state index contributed by atoms with van der Waals surface area (Å²) in [6.45, 7) is 2.04. The van der Waals surface area contributed by atoms with Crippen LogP contribution in [0, 0.1) is 0 Å². The van der Waals surface area contributed by atoms with Crippen molar-refractivity contribution >= 4 is 21.4 Å². The number of aromatic hydroxyl groups is 2. The summed E-state index contributed by atoms with van der Waals surface area (Å²) in [6, 6.07) is 5.34. The molecule has 0 radical (unpaired) electrons. The van der Waals surface area contributed by atoms with Crippen LogP contribution in [0.4, 0.5) is 0 Å². The van der Waals surface area contributed by atoms with E-state index >= 15 is 0 Å². The Kier molecular flexibility index (Phi) is 1.88. The first-order valence-electron chi connectivity index (χ1n) is 4.15. The van der Waals surface area contributed by atoms with Gasteiger partial charge in [0.15, 0.2) is 5.06 Å². The number of phenolic OH excluding ortho intramolecular Hbond substituents is 1. The fourth-order valence-corrected chi connectivity index (χ4v) is 2.25. The number of hydrogen-bond donors (Lipinski definition) is 2. The van der Waals surface area contributed by atoms with Gasteiger partial charge in [-0.05, 0) is 24.1 Å². The summed E-state index contributed by atoms with van der Waals surface area (Å²) in [5.74, 6) is 0.255. The van der Waals surface area contributed by atoms with E-state index in [1.807, 2.05) is 13.0 Å². The monoisotopic (exact) mass is 194 g/mol. The second-order valence-electron chi connectivity index (χ2n) is 2.96. The summed E-state index contributed by atoms with van der Waals surface area (Å²) in [5, 5.41) is 19.8. The first-order chi connectivity index (χ1) is 6.20. The average molecular weight is 194 g/mol. The highest BCUT2D eigenvalue weighted by Gasteiger charge is 2.06. The lowest BCUT2D eigenvalue weighted by atomic mass is 10.1. The highest BCUT2D eigenvalue weighted by Crippen LogP contribution is 2.36. The SMILES string of the molecule is CCc1cc(O)c2cc(O)sc2c1. The zero-order valence-electron chi connectivity index (χ0n) is 7.24. The van der Waals surface area contributed by atoms with Gasteiger partial charge < -0.3 is 10.2 Å². The topological polar surface area (TPSA) is 40.5 Å². The Bertz CT molecular complexity index is 445. The third-order valence-corrected chi connectivity index (χ3v) is 2.96. The molecular weight excluding hydrogens is 184 g/mol. The third-order valence-electron chi connectivity index (χ3n) is 2.07. The molecule has 0 spiro atoms. The molecule has 0 aliphatic heterocycles. The van der Waals surface area contributed by atoms with Gasteiger partial charge in [0, 0.05) is 16.2 Å². The summed E-state index contributed by atoms with van der Waals surface area (Å²) in [6.07, 6.45) is 0.891. The molecule has 0 unspecified atom stereocenters. The minimum atomic E-state index is 0.249. The van der Waals surface area contributed by atoms with E-state index in [1.54, 1.807) is 12.1 Å². The maximum atomic E-state index is 9.59. The molecule has 0 saturated heterocycles. The second kappa shape index (κ2) is 2.92. The molecule has 0 amide bonds. The van der Waals surface area contributed by atoms with Crippen molar-refractivity contribution in [2.45, 2.75) is 13.3 Å². The van der Waals surface area contributed by atoms with E-state index in [-0.39, 0.29) is 10.8 Å². The molecule has 68 valence electrons. The zero-order chi connectivity index (χ0) is 9.42. The molecule has 1 heterocycles. The molecule has 0 aliphatic rings. The van der Waals surface area contributed by atoms with E-state index in [0.29, 0.717) is 0 Å². The van der Waals surface area contributed by atoms with Crippen molar-refractivity contribution in [3.8, 4) is 10.8 Å². The van der Waals surface area contributed by atoms with E-state index in [9.17, 15) is 10.2 Å². The van der Waals surface area contributed by atoms with Gasteiger partial charge in [0.05, 0.1) is 0 Å². The zero-order valence-corrected chi connectivity index (χ0v) is 8.06. The van der Waals surface area contributed by atoms with Crippen LogP contribution in [0.5, 0.6) is 10.8 Å². The smallest absolute Gasteiger partial charge is 0.172 e. The Morgan fingerprint density at radius 3 is 2.69 bits per heavy atom. The van der Waals surface area contributed by atoms with Crippen LogP contribution in [0.3, 0.4) is 0 Å². The predicted molar refractivity (Wildman–Crippen MR) is 54.5 cm³/mol. The molecular formula is C10H10O2S. The van der Waals surface area contributed by atoms with E-state index in [0.717, 1.165) is 22.1 Å². The van der Waals surface area contributed by atoms with Crippen molar-refractivity contribution in [1.29, 1.82) is 0 Å². The van der Waals surface area contributed by atoms with Crippen molar-refractivity contribution in [2.75, 3.05) is 0 Å². The Hall–Kier alpha value is -1.22. The van der Waals surface area contributed by atoms with Crippen molar-refractivity contribution in [1.82, 2.24) is 0 Å². The van der Waals surface area contributed by atoms with Crippen molar-refractivity contribution in [2.24, 2.45) is 0 Å². The lowest BCUT2D eigenvalue weighted by Crippen LogP contribution is -1.78. The maximum Gasteiger partial charge on any atom is 0.172 e. The van der Waals surface area contributed by atoms with Crippen LogP contribution in [-0.2, 0) is 6.42 Å². The molecule has 0 saturated carbocycles. The summed E-state index contributed by atoms with van der Waals surface area (Å²) >= 11 is 1.29. The predicted octanol–water partition coefficient (Wildman–Crippen LogP) is 2.87. The van der Waals surface area contributed by atoms with E-state index in [4.69, 9.17) is 0 Å². The highest BCUT2D eigenvalue weighted by atomic mass is 32.1. The number of thiophene rings is 1. The molecule has 0 atom stereocenters. The van der Waals surface area contributed by atoms with Gasteiger partial charge in [-0.2, -0.15) is 0 Å². The van der Waals surface area contributed by atoms with Gasteiger partial charge in [-0.1, -0.05) is 18.3 Å². The molecule has 0 bridgehead atoms. The lowest BCUT2D eigenvalue weighted by molar-refractivity contribution is 0.479. The van der Waals surface area contributed by atoms with Gasteiger partial charge in [0.2, 0.25) is 0 Å². The van der Waals surface area contributed by atoms with Crippen molar-refractivity contribution in [3.63, 3.8) is 0 Å². The Morgan fingerprint density at radius 2 is 2.00 bits per heavy atom. The molecule has 0 aliphatic carbocycles. The quantitative estimate of drug-likeness (QED) is 0.732. The number of aryl methyl sites for hydroxylation is 1. The summed E-state index contributed by atoms with van der Waals surface area (Å²) in [7, 11) is 0. The van der Waals surface area contributed by atoms with Crippen LogP contribution in [0.25, 0.3) is 10.1 Å². The van der Waals surface area contributed by atoms with Crippen LogP contribution in [0.15, 0.2) is 18.2 Å². The molecule has 2 rings (SSSR count). The van der Waals surface area contributed by atoms with Gasteiger partial charge in [-0.15, -0.1) is 0 Å². The first-order valence-corrected chi connectivity index (χ1v) is 4.96. The number of rotatable bonds is 1. The molecule has 3 heteroatoms. The number of fused-ring (bicyclic) bond motifs is 1. The summed E-state index contributed by atoms with van der Waals surface area (Å²) in [4.78, 5) is 0. The molecule has 1 aromatic carbocycles. The van der Waals surface area contributed by atoms with Crippen molar-refractivity contribution in [3.05, 3.63) is 23.8 Å². The summed E-state index contributed by atoms with van der Waals surface area (Å²) in [5.41, 5.74) is 1.09. The molecule has 1 aromatic heterocycles. The molecule has 2 nitrogen and oxygen atoms in total. The summed E-state index contributed by atoms with van der Waals surface area (Å²) < 4.78 is 0.939. The van der Waals surface area contributed by atoms with Crippen LogP contribution < -0.4 is 0 Å². The normalized spacial score (nSPS) is 10.8. The molecule has 13 heavy (non-hydrogen) atoms. The number of phenols is 1.